The second kappa shape index (κ2) is 12.9. The van der Waals surface area contributed by atoms with Crippen LogP contribution in [0.5, 0.6) is 0 Å². The minimum absolute atomic E-state index is 0.0356. The summed E-state index contributed by atoms with van der Waals surface area (Å²) < 4.78 is 28.9. The number of carbonyl (C=O) groups excluding carboxylic acids is 2. The van der Waals surface area contributed by atoms with Gasteiger partial charge in [-0.3, -0.25) is 9.59 Å². The maximum atomic E-state index is 13.7. The third kappa shape index (κ3) is 7.54. The van der Waals surface area contributed by atoms with E-state index in [0.29, 0.717) is 12.1 Å². The molecule has 0 saturated carbocycles. The minimum Gasteiger partial charge on any atom is -0.352 e. The van der Waals surface area contributed by atoms with E-state index < -0.39 is 28.7 Å². The van der Waals surface area contributed by atoms with E-state index in [9.17, 15) is 18.0 Å². The molecule has 0 aliphatic heterocycles. The van der Waals surface area contributed by atoms with Gasteiger partial charge < -0.3 is 10.2 Å². The van der Waals surface area contributed by atoms with Crippen LogP contribution in [0.25, 0.3) is 0 Å². The maximum Gasteiger partial charge on any atom is 0.304 e. The number of nitrogens with zero attached hydrogens (tertiary/aromatic N) is 3. The molecule has 9 heteroatoms. The number of aryl methyl sites for hydroxylation is 2. The van der Waals surface area contributed by atoms with Crippen LogP contribution in [0, 0.1) is 13.8 Å². The number of hydrogen-bond donors (Lipinski definition) is 1. The highest BCUT2D eigenvalue weighted by atomic mass is 32.2. The van der Waals surface area contributed by atoms with Crippen molar-refractivity contribution in [3.63, 3.8) is 0 Å². The predicted octanol–water partition coefficient (Wildman–Crippen LogP) is 3.29. The largest absolute Gasteiger partial charge is 0.352 e. The second-order valence-electron chi connectivity index (χ2n) is 9.40. The van der Waals surface area contributed by atoms with E-state index in [1.54, 1.807) is 13.0 Å². The Hall–Kier alpha value is -2.91. The smallest absolute Gasteiger partial charge is 0.304 e. The van der Waals surface area contributed by atoms with Crippen LogP contribution in [-0.2, 0) is 26.2 Å². The van der Waals surface area contributed by atoms with Crippen molar-refractivity contribution in [1.29, 1.82) is 0 Å². The molecule has 8 nitrogen and oxygen atoms in total. The number of amides is 2. The van der Waals surface area contributed by atoms with Crippen LogP contribution in [0.4, 0.5) is 5.69 Å². The SMILES string of the molecule is CC[C@H](C)NC(=O)[C@@H](C)N(CCc1ccccc1)C(=O)CN(c1cc(C)ccc1C)S(=O)(=O)N(C)C. The molecule has 0 spiro atoms. The van der Waals surface area contributed by atoms with E-state index in [2.05, 4.69) is 5.32 Å². The molecule has 0 aliphatic rings. The Labute approximate surface area is 216 Å². The van der Waals surface area contributed by atoms with E-state index in [1.165, 1.54) is 19.0 Å². The molecule has 0 aliphatic carbocycles. The molecule has 2 atom stereocenters. The molecule has 0 aromatic heterocycles. The number of nitrogens with one attached hydrogen (secondary N) is 1. The quantitative estimate of drug-likeness (QED) is 0.469. The molecule has 0 radical (unpaired) electrons. The first-order valence-corrected chi connectivity index (χ1v) is 13.7. The van der Waals surface area contributed by atoms with Gasteiger partial charge in [-0.15, -0.1) is 0 Å². The molecule has 0 heterocycles. The van der Waals surface area contributed by atoms with Gasteiger partial charge in [0.2, 0.25) is 11.8 Å². The normalized spacial score (nSPS) is 13.2. The van der Waals surface area contributed by atoms with E-state index in [0.717, 1.165) is 31.7 Å². The molecule has 36 heavy (non-hydrogen) atoms. The molecule has 2 aromatic carbocycles. The average Bonchev–Trinajstić information content (AvgIpc) is 2.84. The zero-order valence-electron chi connectivity index (χ0n) is 22.5. The van der Waals surface area contributed by atoms with E-state index in [1.807, 2.05) is 70.2 Å². The highest BCUT2D eigenvalue weighted by Crippen LogP contribution is 2.25. The summed E-state index contributed by atoms with van der Waals surface area (Å²) in [7, 11) is -1.10. The first-order valence-electron chi connectivity index (χ1n) is 12.3. The summed E-state index contributed by atoms with van der Waals surface area (Å²) in [6.45, 7) is 9.12. The third-order valence-electron chi connectivity index (χ3n) is 6.30. The van der Waals surface area contributed by atoms with Crippen molar-refractivity contribution in [2.24, 2.45) is 0 Å². The molecule has 0 bridgehead atoms. The summed E-state index contributed by atoms with van der Waals surface area (Å²) in [5.74, 6) is -0.705. The second-order valence-corrected chi connectivity index (χ2v) is 11.5. The molecular formula is C27H40N4O4S. The minimum atomic E-state index is -3.98. The van der Waals surface area contributed by atoms with Crippen molar-refractivity contribution in [3.05, 3.63) is 65.2 Å². The Balaban J connectivity index is 2.43. The van der Waals surface area contributed by atoms with Gasteiger partial charge >= 0.3 is 10.2 Å². The van der Waals surface area contributed by atoms with Crippen LogP contribution in [0.3, 0.4) is 0 Å². The molecule has 1 N–H and O–H groups in total. The molecule has 2 aromatic rings. The van der Waals surface area contributed by atoms with Crippen LogP contribution >= 0.6 is 0 Å². The standard InChI is InChI=1S/C27H40N4O4S/c1-8-22(4)28-27(33)23(5)30(17-16-24-12-10-9-11-13-24)26(32)19-31(36(34,35)29(6)7)25-18-20(2)14-15-21(25)3/h9-15,18,22-23H,8,16-17,19H2,1-7H3,(H,28,33)/t22-,23+/m0/s1. The summed E-state index contributed by atoms with van der Waals surface area (Å²) in [5, 5.41) is 2.94. The highest BCUT2D eigenvalue weighted by Gasteiger charge is 2.33. The van der Waals surface area contributed by atoms with E-state index >= 15 is 0 Å². The Morgan fingerprint density at radius 3 is 2.22 bits per heavy atom. The average molecular weight is 517 g/mol. The van der Waals surface area contributed by atoms with E-state index in [4.69, 9.17) is 0 Å². The summed E-state index contributed by atoms with van der Waals surface area (Å²) in [5.41, 5.74) is 3.08. The lowest BCUT2D eigenvalue weighted by atomic mass is 10.1. The monoisotopic (exact) mass is 516 g/mol. The Bertz CT molecular complexity index is 1140. The van der Waals surface area contributed by atoms with Crippen molar-refractivity contribution in [1.82, 2.24) is 14.5 Å². The summed E-state index contributed by atoms with van der Waals surface area (Å²) in [6, 6.07) is 14.4. The van der Waals surface area contributed by atoms with Crippen molar-refractivity contribution in [3.8, 4) is 0 Å². The van der Waals surface area contributed by atoms with Crippen LogP contribution < -0.4 is 9.62 Å². The van der Waals surface area contributed by atoms with Gasteiger partial charge in [0.1, 0.15) is 12.6 Å². The van der Waals surface area contributed by atoms with Crippen molar-refractivity contribution < 1.29 is 18.0 Å². The molecule has 0 fully saturated rings. The van der Waals surface area contributed by atoms with Gasteiger partial charge in [0, 0.05) is 26.7 Å². The highest BCUT2D eigenvalue weighted by molar-refractivity contribution is 7.90. The fraction of sp³-hybridized carbons (Fsp3) is 0.481. The lowest BCUT2D eigenvalue weighted by molar-refractivity contribution is -0.139. The van der Waals surface area contributed by atoms with Gasteiger partial charge in [0.15, 0.2) is 0 Å². The van der Waals surface area contributed by atoms with Crippen molar-refractivity contribution >= 4 is 27.7 Å². The lowest BCUT2D eigenvalue weighted by Gasteiger charge is -2.33. The molecule has 2 rings (SSSR count). The molecule has 0 unspecified atom stereocenters. The first-order chi connectivity index (χ1) is 16.9. The summed E-state index contributed by atoms with van der Waals surface area (Å²) >= 11 is 0. The molecule has 198 valence electrons. The Morgan fingerprint density at radius 2 is 1.64 bits per heavy atom. The topological polar surface area (TPSA) is 90.0 Å². The Morgan fingerprint density at radius 1 is 1.00 bits per heavy atom. The third-order valence-corrected chi connectivity index (χ3v) is 8.11. The molecule has 0 saturated heterocycles. The number of hydrogen-bond acceptors (Lipinski definition) is 4. The number of rotatable bonds is 12. The number of benzene rings is 2. The number of carbonyl (C=O) groups is 2. The van der Waals surface area contributed by atoms with Crippen molar-refractivity contribution in [2.45, 2.75) is 59.5 Å². The van der Waals surface area contributed by atoms with Crippen LogP contribution in [-0.4, -0.2) is 68.7 Å². The van der Waals surface area contributed by atoms with Crippen LogP contribution in [0.15, 0.2) is 48.5 Å². The van der Waals surface area contributed by atoms with Gasteiger partial charge in [-0.2, -0.15) is 12.7 Å². The fourth-order valence-electron chi connectivity index (χ4n) is 3.73. The molecule has 2 amide bonds. The molecular weight excluding hydrogens is 476 g/mol. The van der Waals surface area contributed by atoms with Crippen molar-refractivity contribution in [2.75, 3.05) is 31.5 Å². The first kappa shape index (κ1) is 29.3. The van der Waals surface area contributed by atoms with E-state index in [-0.39, 0.29) is 18.5 Å². The summed E-state index contributed by atoms with van der Waals surface area (Å²) in [6.07, 6.45) is 1.30. The maximum absolute atomic E-state index is 13.7. The zero-order valence-corrected chi connectivity index (χ0v) is 23.3. The van der Waals surface area contributed by atoms with Gasteiger partial charge in [0.25, 0.3) is 0 Å². The predicted molar refractivity (Wildman–Crippen MR) is 145 cm³/mol. The van der Waals surface area contributed by atoms with Gasteiger partial charge in [-0.1, -0.05) is 49.4 Å². The van der Waals surface area contributed by atoms with Gasteiger partial charge in [0.05, 0.1) is 5.69 Å². The van der Waals surface area contributed by atoms with Crippen LogP contribution in [0.1, 0.15) is 43.9 Å². The van der Waals surface area contributed by atoms with Crippen LogP contribution in [0.2, 0.25) is 0 Å². The fourth-order valence-corrected chi connectivity index (χ4v) is 4.84. The number of anilines is 1. The van der Waals surface area contributed by atoms with Gasteiger partial charge in [-0.25, -0.2) is 4.31 Å². The zero-order chi connectivity index (χ0) is 27.0. The van der Waals surface area contributed by atoms with Gasteiger partial charge in [-0.05, 0) is 63.3 Å². The lowest BCUT2D eigenvalue weighted by Crippen LogP contribution is -2.54. The summed E-state index contributed by atoms with van der Waals surface area (Å²) in [4.78, 5) is 28.2. The Kier molecular flexibility index (Phi) is 10.5.